The summed E-state index contributed by atoms with van der Waals surface area (Å²) in [4.78, 5) is 0. The molecule has 224 valence electrons. The van der Waals surface area contributed by atoms with E-state index >= 15 is 0 Å². The summed E-state index contributed by atoms with van der Waals surface area (Å²) in [7, 11) is 0. The third kappa shape index (κ3) is 6.26. The lowest BCUT2D eigenvalue weighted by Gasteiger charge is -2.29. The second-order valence-electron chi connectivity index (χ2n) is 13.3. The molecule has 2 fully saturated rings. The summed E-state index contributed by atoms with van der Waals surface area (Å²) in [5, 5.41) is 24.3. The second kappa shape index (κ2) is 13.4. The fourth-order valence-corrected chi connectivity index (χ4v) is 8.02. The Labute approximate surface area is 258 Å². The van der Waals surface area contributed by atoms with E-state index in [1.807, 2.05) is 12.1 Å². The Bertz CT molecular complexity index is 1380. The lowest BCUT2D eigenvalue weighted by atomic mass is 9.76. The molecule has 2 saturated carbocycles. The zero-order chi connectivity index (χ0) is 29.8. The van der Waals surface area contributed by atoms with Crippen molar-refractivity contribution in [3.8, 4) is 11.5 Å². The Morgan fingerprint density at radius 1 is 0.512 bits per heavy atom. The summed E-state index contributed by atoms with van der Waals surface area (Å²) >= 11 is 0. The Kier molecular flexibility index (Phi) is 9.22. The molecule has 2 unspecified atom stereocenters. The van der Waals surface area contributed by atoms with Crippen LogP contribution in [0.5, 0.6) is 11.5 Å². The molecule has 2 N–H and O–H groups in total. The van der Waals surface area contributed by atoms with Gasteiger partial charge in [-0.05, 0) is 59.8 Å². The van der Waals surface area contributed by atoms with Gasteiger partial charge < -0.3 is 10.2 Å². The summed E-state index contributed by atoms with van der Waals surface area (Å²) in [5.74, 6) is 1.93. The Hall–Kier alpha value is -3.52. The van der Waals surface area contributed by atoms with E-state index in [9.17, 15) is 10.2 Å². The number of hydrogen-bond donors (Lipinski definition) is 2. The van der Waals surface area contributed by atoms with Crippen LogP contribution in [-0.2, 0) is 6.42 Å². The first-order chi connectivity index (χ1) is 21.0. The van der Waals surface area contributed by atoms with Crippen LogP contribution in [0.1, 0.15) is 146 Å². The van der Waals surface area contributed by atoms with Gasteiger partial charge in [0.1, 0.15) is 11.5 Å². The molecule has 43 heavy (non-hydrogen) atoms. The van der Waals surface area contributed by atoms with Crippen LogP contribution in [0, 0.1) is 0 Å². The number of rotatable bonds is 8. The quantitative estimate of drug-likeness (QED) is 0.220. The minimum atomic E-state index is 0.0798. The zero-order valence-corrected chi connectivity index (χ0v) is 26.1. The van der Waals surface area contributed by atoms with Gasteiger partial charge in [0.05, 0.1) is 0 Å². The van der Waals surface area contributed by atoms with Crippen LogP contribution >= 0.6 is 0 Å². The van der Waals surface area contributed by atoms with Gasteiger partial charge in [-0.25, -0.2) is 0 Å². The molecule has 0 spiro atoms. The highest BCUT2D eigenvalue weighted by Crippen LogP contribution is 2.46. The first kappa shape index (κ1) is 29.5. The summed E-state index contributed by atoms with van der Waals surface area (Å²) < 4.78 is 0. The molecule has 2 atom stereocenters. The summed E-state index contributed by atoms with van der Waals surface area (Å²) in [6.45, 7) is 4.39. The number of phenols is 2. The van der Waals surface area contributed by atoms with Crippen LogP contribution < -0.4 is 0 Å². The minimum Gasteiger partial charge on any atom is -0.507 e. The standard InChI is InChI=1S/C41H48O2/c1-28(30-15-7-3-8-16-30)34-23-25-36(32-19-11-5-12-20-32)38(40(34)42)27-39-37(33-21-13-6-14-22-33)26-24-35(41(39)43)29(2)31-17-9-4-10-18-31/h3-4,7-10,15-18,23-26,28-29,32-33,42-43H,5-6,11-14,19-22,27H2,1-2H3. The molecule has 0 heterocycles. The maximum Gasteiger partial charge on any atom is 0.123 e. The van der Waals surface area contributed by atoms with Gasteiger partial charge in [-0.15, -0.1) is 0 Å². The molecule has 6 rings (SSSR count). The summed E-state index contributed by atoms with van der Waals surface area (Å²) in [6.07, 6.45) is 12.8. The molecule has 0 radical (unpaired) electrons. The topological polar surface area (TPSA) is 40.5 Å². The highest BCUT2D eigenvalue weighted by Gasteiger charge is 2.28. The van der Waals surface area contributed by atoms with Crippen molar-refractivity contribution < 1.29 is 10.2 Å². The highest BCUT2D eigenvalue weighted by molar-refractivity contribution is 5.57. The molecule has 0 amide bonds. The average Bonchev–Trinajstić information content (AvgIpc) is 3.07. The van der Waals surface area contributed by atoms with Gasteiger partial charge in [0.2, 0.25) is 0 Å². The molecule has 0 bridgehead atoms. The largest absolute Gasteiger partial charge is 0.507 e. The van der Waals surface area contributed by atoms with Crippen molar-refractivity contribution in [3.05, 3.63) is 129 Å². The predicted molar refractivity (Wildman–Crippen MR) is 179 cm³/mol. The Morgan fingerprint density at radius 2 is 0.884 bits per heavy atom. The van der Waals surface area contributed by atoms with Crippen molar-refractivity contribution in [2.24, 2.45) is 0 Å². The molecule has 0 aromatic heterocycles. The SMILES string of the molecule is CC(c1ccccc1)c1ccc(C2CCCCC2)c(Cc2c(C3CCCCC3)ccc(C(C)c3ccccc3)c2O)c1O. The van der Waals surface area contributed by atoms with Gasteiger partial charge in [0.15, 0.2) is 0 Å². The van der Waals surface area contributed by atoms with Gasteiger partial charge in [-0.3, -0.25) is 0 Å². The van der Waals surface area contributed by atoms with E-state index in [4.69, 9.17) is 0 Å². The maximum absolute atomic E-state index is 12.2. The van der Waals surface area contributed by atoms with E-state index in [0.717, 1.165) is 22.3 Å². The van der Waals surface area contributed by atoms with E-state index in [1.54, 1.807) is 0 Å². The number of aromatic hydroxyl groups is 2. The van der Waals surface area contributed by atoms with Gasteiger partial charge in [0.25, 0.3) is 0 Å². The molecule has 2 heteroatoms. The van der Waals surface area contributed by atoms with Gasteiger partial charge in [0, 0.05) is 40.5 Å². The van der Waals surface area contributed by atoms with Crippen molar-refractivity contribution in [3.63, 3.8) is 0 Å². The van der Waals surface area contributed by atoms with E-state index in [-0.39, 0.29) is 11.8 Å². The highest BCUT2D eigenvalue weighted by atomic mass is 16.3. The molecule has 2 aliphatic rings. The van der Waals surface area contributed by atoms with Crippen LogP contribution in [0.15, 0.2) is 84.9 Å². The molecular formula is C41H48O2. The second-order valence-corrected chi connectivity index (χ2v) is 13.3. The summed E-state index contributed by atoms with van der Waals surface area (Å²) in [6, 6.07) is 30.0. The average molecular weight is 573 g/mol. The van der Waals surface area contributed by atoms with E-state index in [1.165, 1.54) is 86.5 Å². The minimum absolute atomic E-state index is 0.0798. The molecule has 2 aliphatic carbocycles. The summed E-state index contributed by atoms with van der Waals surface area (Å²) in [5.41, 5.74) is 9.01. The van der Waals surface area contributed by atoms with Crippen molar-refractivity contribution in [1.29, 1.82) is 0 Å². The van der Waals surface area contributed by atoms with Crippen LogP contribution in [0.25, 0.3) is 0 Å². The third-order valence-corrected chi connectivity index (χ3v) is 10.7. The molecular weight excluding hydrogens is 524 g/mol. The van der Waals surface area contributed by atoms with Crippen molar-refractivity contribution in [2.75, 3.05) is 0 Å². The molecule has 0 aliphatic heterocycles. The smallest absolute Gasteiger partial charge is 0.123 e. The number of benzene rings is 4. The molecule has 4 aromatic carbocycles. The lowest BCUT2D eigenvalue weighted by Crippen LogP contribution is -2.13. The van der Waals surface area contributed by atoms with Crippen molar-refractivity contribution >= 4 is 0 Å². The van der Waals surface area contributed by atoms with Crippen molar-refractivity contribution in [1.82, 2.24) is 0 Å². The Balaban J connectivity index is 1.49. The zero-order valence-electron chi connectivity index (χ0n) is 26.1. The third-order valence-electron chi connectivity index (χ3n) is 10.7. The Morgan fingerprint density at radius 3 is 1.26 bits per heavy atom. The normalized spacial score (nSPS) is 17.9. The van der Waals surface area contributed by atoms with Crippen molar-refractivity contribution in [2.45, 2.75) is 108 Å². The predicted octanol–water partition coefficient (Wildman–Crippen LogP) is 11.1. The van der Waals surface area contributed by atoms with E-state index in [0.29, 0.717) is 29.8 Å². The number of phenolic OH excluding ortho intramolecular Hbond substituents is 2. The lowest BCUT2D eigenvalue weighted by molar-refractivity contribution is 0.424. The van der Waals surface area contributed by atoms with Gasteiger partial charge in [-0.1, -0.05) is 137 Å². The maximum atomic E-state index is 12.2. The van der Waals surface area contributed by atoms with Crippen LogP contribution in [0.3, 0.4) is 0 Å². The number of hydrogen-bond acceptors (Lipinski definition) is 2. The monoisotopic (exact) mass is 572 g/mol. The molecule has 0 saturated heterocycles. The first-order valence-electron chi connectivity index (χ1n) is 16.8. The molecule has 4 aromatic rings. The first-order valence-corrected chi connectivity index (χ1v) is 16.8. The molecule has 2 nitrogen and oxygen atoms in total. The van der Waals surface area contributed by atoms with Crippen LogP contribution in [0.2, 0.25) is 0 Å². The van der Waals surface area contributed by atoms with E-state index in [2.05, 4.69) is 86.6 Å². The fourth-order valence-electron chi connectivity index (χ4n) is 8.02. The van der Waals surface area contributed by atoms with Crippen LogP contribution in [0.4, 0.5) is 0 Å². The van der Waals surface area contributed by atoms with E-state index < -0.39 is 0 Å². The fraction of sp³-hybridized carbons (Fsp3) is 0.415. The van der Waals surface area contributed by atoms with Gasteiger partial charge in [-0.2, -0.15) is 0 Å². The van der Waals surface area contributed by atoms with Crippen LogP contribution in [-0.4, -0.2) is 10.2 Å². The van der Waals surface area contributed by atoms with Gasteiger partial charge >= 0.3 is 0 Å².